The zero-order valence-corrected chi connectivity index (χ0v) is 14.5. The standard InChI is InChI=1S/C21H20N2S/c1-17-9-8-10-18(15-17)16-24-21(22-19-11-4-2-5-12-19)23-20-13-6-3-7-14-20/h2-15H,16H2,1H3,(H,22,23). The smallest absolute Gasteiger partial charge is 0.166 e. The third-order valence-corrected chi connectivity index (χ3v) is 4.41. The van der Waals surface area contributed by atoms with Crippen LogP contribution in [-0.2, 0) is 5.75 Å². The molecule has 3 rings (SSSR count). The first-order valence-electron chi connectivity index (χ1n) is 7.94. The minimum Gasteiger partial charge on any atom is -0.335 e. The van der Waals surface area contributed by atoms with Crippen LogP contribution in [0.2, 0.25) is 0 Å². The molecule has 0 radical (unpaired) electrons. The summed E-state index contributed by atoms with van der Waals surface area (Å²) in [7, 11) is 0. The van der Waals surface area contributed by atoms with Crippen molar-refractivity contribution in [1.82, 2.24) is 0 Å². The molecule has 0 unspecified atom stereocenters. The van der Waals surface area contributed by atoms with Gasteiger partial charge in [-0.05, 0) is 36.8 Å². The number of aryl methyl sites for hydroxylation is 1. The van der Waals surface area contributed by atoms with Crippen LogP contribution in [0.25, 0.3) is 0 Å². The molecular formula is C21H20N2S. The average Bonchev–Trinajstić information content (AvgIpc) is 2.62. The number of aliphatic imine (C=N–C) groups is 1. The molecule has 0 aliphatic heterocycles. The minimum absolute atomic E-state index is 0.882. The molecule has 0 fully saturated rings. The molecule has 120 valence electrons. The van der Waals surface area contributed by atoms with Crippen LogP contribution in [0.4, 0.5) is 11.4 Å². The lowest BCUT2D eigenvalue weighted by Gasteiger charge is -2.10. The van der Waals surface area contributed by atoms with Gasteiger partial charge in [-0.15, -0.1) is 0 Å². The van der Waals surface area contributed by atoms with Gasteiger partial charge < -0.3 is 5.32 Å². The normalized spacial score (nSPS) is 11.3. The lowest BCUT2D eigenvalue weighted by molar-refractivity contribution is 1.36. The zero-order chi connectivity index (χ0) is 16.6. The number of hydrogen-bond acceptors (Lipinski definition) is 2. The van der Waals surface area contributed by atoms with E-state index >= 15 is 0 Å². The van der Waals surface area contributed by atoms with E-state index in [1.165, 1.54) is 11.1 Å². The summed E-state index contributed by atoms with van der Waals surface area (Å²) >= 11 is 1.71. The van der Waals surface area contributed by atoms with Gasteiger partial charge in [-0.1, -0.05) is 78.0 Å². The Morgan fingerprint density at radius 2 is 1.58 bits per heavy atom. The van der Waals surface area contributed by atoms with Crippen molar-refractivity contribution in [2.75, 3.05) is 5.32 Å². The highest BCUT2D eigenvalue weighted by Crippen LogP contribution is 2.21. The molecule has 3 aromatic rings. The van der Waals surface area contributed by atoms with Crippen LogP contribution in [-0.4, -0.2) is 5.17 Å². The number of nitrogens with one attached hydrogen (secondary N) is 1. The van der Waals surface area contributed by atoms with E-state index in [0.717, 1.165) is 22.3 Å². The van der Waals surface area contributed by atoms with Crippen LogP contribution in [0.15, 0.2) is 89.9 Å². The molecule has 24 heavy (non-hydrogen) atoms. The van der Waals surface area contributed by atoms with Crippen LogP contribution in [0, 0.1) is 6.92 Å². The van der Waals surface area contributed by atoms with Crippen LogP contribution < -0.4 is 5.32 Å². The fourth-order valence-electron chi connectivity index (χ4n) is 2.31. The number of hydrogen-bond donors (Lipinski definition) is 1. The van der Waals surface area contributed by atoms with Crippen molar-refractivity contribution in [3.8, 4) is 0 Å². The Labute approximate surface area is 147 Å². The first-order chi connectivity index (χ1) is 11.8. The van der Waals surface area contributed by atoms with Gasteiger partial charge in [0.25, 0.3) is 0 Å². The third kappa shape index (κ3) is 5.00. The van der Waals surface area contributed by atoms with Gasteiger partial charge in [0, 0.05) is 11.4 Å². The maximum absolute atomic E-state index is 4.76. The van der Waals surface area contributed by atoms with E-state index in [4.69, 9.17) is 4.99 Å². The van der Waals surface area contributed by atoms with E-state index < -0.39 is 0 Å². The van der Waals surface area contributed by atoms with Gasteiger partial charge in [0.05, 0.1) is 5.69 Å². The van der Waals surface area contributed by atoms with E-state index in [-0.39, 0.29) is 0 Å². The lowest BCUT2D eigenvalue weighted by atomic mass is 10.2. The van der Waals surface area contributed by atoms with Gasteiger partial charge >= 0.3 is 0 Å². The van der Waals surface area contributed by atoms with Crippen molar-refractivity contribution in [1.29, 1.82) is 0 Å². The van der Waals surface area contributed by atoms with Gasteiger partial charge in [-0.25, -0.2) is 4.99 Å². The van der Waals surface area contributed by atoms with Gasteiger partial charge in [0.1, 0.15) is 0 Å². The van der Waals surface area contributed by atoms with E-state index in [1.807, 2.05) is 60.7 Å². The Bertz CT molecular complexity index is 798. The second-order valence-corrected chi connectivity index (χ2v) is 6.49. The monoisotopic (exact) mass is 332 g/mol. The summed E-state index contributed by atoms with van der Waals surface area (Å²) in [6.07, 6.45) is 0. The van der Waals surface area contributed by atoms with Crippen molar-refractivity contribution in [2.24, 2.45) is 4.99 Å². The summed E-state index contributed by atoms with van der Waals surface area (Å²) in [6.45, 7) is 2.12. The zero-order valence-electron chi connectivity index (χ0n) is 13.6. The predicted octanol–water partition coefficient (Wildman–Crippen LogP) is 6.03. The SMILES string of the molecule is Cc1cccc(CSC(=Nc2ccccc2)Nc2ccccc2)c1. The number of nitrogens with zero attached hydrogens (tertiary/aromatic N) is 1. The quantitative estimate of drug-likeness (QED) is 0.466. The Hall–Kier alpha value is -2.52. The third-order valence-electron chi connectivity index (χ3n) is 3.47. The molecule has 2 nitrogen and oxygen atoms in total. The average molecular weight is 332 g/mol. The highest BCUT2D eigenvalue weighted by atomic mass is 32.2. The fraction of sp³-hybridized carbons (Fsp3) is 0.0952. The lowest BCUT2D eigenvalue weighted by Crippen LogP contribution is -2.07. The first kappa shape index (κ1) is 16.3. The molecule has 0 aliphatic rings. The largest absolute Gasteiger partial charge is 0.335 e. The number of anilines is 1. The second kappa shape index (κ2) is 8.37. The highest BCUT2D eigenvalue weighted by molar-refractivity contribution is 8.13. The van der Waals surface area contributed by atoms with Crippen molar-refractivity contribution >= 4 is 28.3 Å². The minimum atomic E-state index is 0.882. The van der Waals surface area contributed by atoms with Gasteiger partial charge in [-0.3, -0.25) is 0 Å². The van der Waals surface area contributed by atoms with Crippen molar-refractivity contribution in [3.05, 3.63) is 96.1 Å². The van der Waals surface area contributed by atoms with E-state index in [0.29, 0.717) is 0 Å². The number of amidine groups is 1. The van der Waals surface area contributed by atoms with Crippen LogP contribution >= 0.6 is 11.8 Å². The fourth-order valence-corrected chi connectivity index (χ4v) is 3.16. The maximum Gasteiger partial charge on any atom is 0.166 e. The summed E-state index contributed by atoms with van der Waals surface area (Å²) in [5, 5.41) is 4.32. The summed E-state index contributed by atoms with van der Waals surface area (Å²) in [5.41, 5.74) is 4.58. The van der Waals surface area contributed by atoms with Crippen LogP contribution in [0.5, 0.6) is 0 Å². The topological polar surface area (TPSA) is 24.4 Å². The van der Waals surface area contributed by atoms with E-state index in [1.54, 1.807) is 11.8 Å². The van der Waals surface area contributed by atoms with E-state index in [9.17, 15) is 0 Å². The number of thioether (sulfide) groups is 1. The second-order valence-electron chi connectivity index (χ2n) is 5.52. The molecule has 0 heterocycles. The molecule has 0 amide bonds. The summed E-state index contributed by atoms with van der Waals surface area (Å²) in [6, 6.07) is 28.8. The molecular weight excluding hydrogens is 312 g/mol. The predicted molar refractivity (Wildman–Crippen MR) is 106 cm³/mol. The Balaban J connectivity index is 1.78. The molecule has 0 saturated heterocycles. The van der Waals surface area contributed by atoms with Crippen molar-refractivity contribution < 1.29 is 0 Å². The van der Waals surface area contributed by atoms with Gasteiger partial charge in [0.15, 0.2) is 5.17 Å². The molecule has 0 aromatic heterocycles. The molecule has 0 aliphatic carbocycles. The number of para-hydroxylation sites is 2. The maximum atomic E-state index is 4.76. The van der Waals surface area contributed by atoms with Crippen LogP contribution in [0.1, 0.15) is 11.1 Å². The number of rotatable bonds is 4. The Kier molecular flexibility index (Phi) is 5.70. The molecule has 0 atom stereocenters. The Morgan fingerprint density at radius 1 is 0.875 bits per heavy atom. The highest BCUT2D eigenvalue weighted by Gasteiger charge is 2.04. The Morgan fingerprint density at radius 3 is 2.29 bits per heavy atom. The molecule has 0 bridgehead atoms. The summed E-state index contributed by atoms with van der Waals surface area (Å²) in [5.74, 6) is 0.882. The molecule has 3 heteroatoms. The summed E-state index contributed by atoms with van der Waals surface area (Å²) < 4.78 is 0. The van der Waals surface area contributed by atoms with Gasteiger partial charge in [-0.2, -0.15) is 0 Å². The first-order valence-corrected chi connectivity index (χ1v) is 8.92. The number of benzene rings is 3. The van der Waals surface area contributed by atoms with E-state index in [2.05, 4.69) is 36.5 Å². The van der Waals surface area contributed by atoms with Crippen molar-refractivity contribution in [3.63, 3.8) is 0 Å². The van der Waals surface area contributed by atoms with Crippen molar-refractivity contribution in [2.45, 2.75) is 12.7 Å². The molecule has 3 aromatic carbocycles. The van der Waals surface area contributed by atoms with Crippen LogP contribution in [0.3, 0.4) is 0 Å². The summed E-state index contributed by atoms with van der Waals surface area (Å²) in [4.78, 5) is 4.76. The molecule has 0 spiro atoms. The van der Waals surface area contributed by atoms with Gasteiger partial charge in [0.2, 0.25) is 0 Å². The molecule has 1 N–H and O–H groups in total. The molecule has 0 saturated carbocycles.